The molecule has 1 heteroatoms. The van der Waals surface area contributed by atoms with Crippen LogP contribution in [0.25, 0.3) is 0 Å². The molecule has 1 N–H and O–H groups in total. The monoisotopic (exact) mass is 232 g/mol. The molecule has 1 nitrogen and oxygen atoms in total. The average Bonchev–Trinajstić information content (AvgIpc) is 2.79. The zero-order chi connectivity index (χ0) is 12.0. The molecule has 94 valence electrons. The number of aliphatic hydroxyl groups is 1. The first-order chi connectivity index (χ1) is 8.11. The van der Waals surface area contributed by atoms with E-state index in [-0.39, 0.29) is 0 Å². The first-order valence-electron chi connectivity index (χ1n) is 7.22. The van der Waals surface area contributed by atoms with Crippen molar-refractivity contribution in [2.45, 2.75) is 51.6 Å². The van der Waals surface area contributed by atoms with E-state index in [9.17, 15) is 5.11 Å². The molecule has 0 aliphatic heterocycles. The molecule has 0 heterocycles. The summed E-state index contributed by atoms with van der Waals surface area (Å²) in [6, 6.07) is 0. The SMILES string of the molecule is CC(C)C1CCC=C1[C@]1(O)C[C@H]2C=C[C@@H]1CC2. The Morgan fingerprint density at radius 1 is 1.24 bits per heavy atom. The molecule has 0 aromatic heterocycles. The van der Waals surface area contributed by atoms with E-state index in [1.165, 1.54) is 31.3 Å². The van der Waals surface area contributed by atoms with Crippen molar-refractivity contribution in [2.75, 3.05) is 0 Å². The van der Waals surface area contributed by atoms with E-state index in [0.717, 1.165) is 6.42 Å². The minimum atomic E-state index is -0.497. The van der Waals surface area contributed by atoms with Gasteiger partial charge in [-0.25, -0.2) is 0 Å². The zero-order valence-corrected chi connectivity index (χ0v) is 11.0. The molecule has 0 spiro atoms. The third kappa shape index (κ3) is 1.71. The van der Waals surface area contributed by atoms with Crippen molar-refractivity contribution in [2.24, 2.45) is 23.7 Å². The molecule has 4 rings (SSSR count). The lowest BCUT2D eigenvalue weighted by Crippen LogP contribution is -2.48. The van der Waals surface area contributed by atoms with Crippen LogP contribution in [-0.2, 0) is 0 Å². The molecule has 0 aromatic rings. The number of hydrogen-bond acceptors (Lipinski definition) is 1. The first kappa shape index (κ1) is 11.5. The van der Waals surface area contributed by atoms with Crippen molar-refractivity contribution < 1.29 is 5.11 Å². The highest BCUT2D eigenvalue weighted by atomic mass is 16.3. The summed E-state index contributed by atoms with van der Waals surface area (Å²) < 4.78 is 0. The Morgan fingerprint density at radius 3 is 2.59 bits per heavy atom. The van der Waals surface area contributed by atoms with Crippen molar-refractivity contribution in [3.8, 4) is 0 Å². The Kier molecular flexibility index (Phi) is 2.70. The van der Waals surface area contributed by atoms with Crippen LogP contribution in [0.2, 0.25) is 0 Å². The molecule has 0 aromatic carbocycles. The van der Waals surface area contributed by atoms with Crippen LogP contribution in [0.1, 0.15) is 46.0 Å². The minimum Gasteiger partial charge on any atom is -0.385 e. The highest BCUT2D eigenvalue weighted by Crippen LogP contribution is 2.51. The van der Waals surface area contributed by atoms with E-state index in [2.05, 4.69) is 32.1 Å². The molecule has 1 fully saturated rings. The highest BCUT2D eigenvalue weighted by molar-refractivity contribution is 5.31. The van der Waals surface area contributed by atoms with Crippen LogP contribution in [0.3, 0.4) is 0 Å². The van der Waals surface area contributed by atoms with Crippen molar-refractivity contribution in [1.29, 1.82) is 0 Å². The average molecular weight is 232 g/mol. The standard InChI is InChI=1S/C16H24O/c1-11(2)14-4-3-5-15(14)16(17)10-12-6-8-13(16)9-7-12/h5-6,8,11-14,17H,3-4,7,9-10H2,1-2H3/t12-,13+,14?,16-/m0/s1. The van der Waals surface area contributed by atoms with E-state index in [4.69, 9.17) is 0 Å². The minimum absolute atomic E-state index is 0.387. The summed E-state index contributed by atoms with van der Waals surface area (Å²) in [5.74, 6) is 2.29. The summed E-state index contributed by atoms with van der Waals surface area (Å²) in [6.07, 6.45) is 12.8. The van der Waals surface area contributed by atoms with Gasteiger partial charge in [0.05, 0.1) is 5.60 Å². The smallest absolute Gasteiger partial charge is 0.0927 e. The second kappa shape index (κ2) is 3.98. The molecule has 2 bridgehead atoms. The van der Waals surface area contributed by atoms with Crippen LogP contribution in [0.5, 0.6) is 0 Å². The van der Waals surface area contributed by atoms with Gasteiger partial charge >= 0.3 is 0 Å². The Balaban J connectivity index is 1.91. The maximum Gasteiger partial charge on any atom is 0.0927 e. The molecular formula is C16H24O. The lowest BCUT2D eigenvalue weighted by molar-refractivity contribution is -0.0256. The van der Waals surface area contributed by atoms with Gasteiger partial charge in [0, 0.05) is 5.92 Å². The van der Waals surface area contributed by atoms with E-state index < -0.39 is 5.60 Å². The van der Waals surface area contributed by atoms with Gasteiger partial charge in [0.25, 0.3) is 0 Å². The molecule has 4 aliphatic rings. The van der Waals surface area contributed by atoms with E-state index in [1.54, 1.807) is 0 Å². The van der Waals surface area contributed by atoms with Crippen molar-refractivity contribution in [3.63, 3.8) is 0 Å². The fourth-order valence-electron chi connectivity index (χ4n) is 4.24. The van der Waals surface area contributed by atoms with Crippen LogP contribution in [0, 0.1) is 23.7 Å². The van der Waals surface area contributed by atoms with Gasteiger partial charge in [0.2, 0.25) is 0 Å². The molecule has 4 aliphatic carbocycles. The first-order valence-corrected chi connectivity index (χ1v) is 7.22. The number of allylic oxidation sites excluding steroid dienone is 2. The fourth-order valence-corrected chi connectivity index (χ4v) is 4.24. The van der Waals surface area contributed by atoms with Crippen LogP contribution in [0.15, 0.2) is 23.8 Å². The Morgan fingerprint density at radius 2 is 2.06 bits per heavy atom. The fraction of sp³-hybridized carbons (Fsp3) is 0.750. The number of hydrogen-bond donors (Lipinski definition) is 1. The normalized spacial score (nSPS) is 44.5. The summed E-state index contributed by atoms with van der Waals surface area (Å²) in [6.45, 7) is 4.59. The quantitative estimate of drug-likeness (QED) is 0.720. The van der Waals surface area contributed by atoms with Crippen LogP contribution < -0.4 is 0 Å². The third-order valence-electron chi connectivity index (χ3n) is 5.20. The zero-order valence-electron chi connectivity index (χ0n) is 11.0. The van der Waals surface area contributed by atoms with Crippen LogP contribution >= 0.6 is 0 Å². The second-order valence-corrected chi connectivity index (χ2v) is 6.54. The summed E-state index contributed by atoms with van der Waals surface area (Å²) in [5.41, 5.74) is 0.884. The lowest BCUT2D eigenvalue weighted by Gasteiger charge is -2.48. The summed E-state index contributed by atoms with van der Waals surface area (Å²) in [5, 5.41) is 11.2. The molecule has 0 saturated heterocycles. The van der Waals surface area contributed by atoms with E-state index in [0.29, 0.717) is 23.7 Å². The Labute approximate surface area is 105 Å². The molecule has 0 radical (unpaired) electrons. The Bertz CT molecular complexity index is 366. The third-order valence-corrected chi connectivity index (χ3v) is 5.20. The van der Waals surface area contributed by atoms with E-state index >= 15 is 0 Å². The van der Waals surface area contributed by atoms with Crippen LogP contribution in [-0.4, -0.2) is 10.7 Å². The summed E-state index contributed by atoms with van der Waals surface area (Å²) in [7, 11) is 0. The van der Waals surface area contributed by atoms with Gasteiger partial charge in [-0.1, -0.05) is 32.1 Å². The van der Waals surface area contributed by atoms with Crippen molar-refractivity contribution >= 4 is 0 Å². The summed E-state index contributed by atoms with van der Waals surface area (Å²) >= 11 is 0. The maximum atomic E-state index is 11.2. The van der Waals surface area contributed by atoms with E-state index in [1.807, 2.05) is 0 Å². The molecule has 0 amide bonds. The van der Waals surface area contributed by atoms with Crippen molar-refractivity contribution in [3.05, 3.63) is 23.8 Å². The molecule has 1 unspecified atom stereocenters. The predicted molar refractivity (Wildman–Crippen MR) is 70.6 cm³/mol. The Hall–Kier alpha value is -0.560. The van der Waals surface area contributed by atoms with Gasteiger partial charge in [0.1, 0.15) is 0 Å². The summed E-state index contributed by atoms with van der Waals surface area (Å²) in [4.78, 5) is 0. The lowest BCUT2D eigenvalue weighted by atomic mass is 9.61. The second-order valence-electron chi connectivity index (χ2n) is 6.54. The van der Waals surface area contributed by atoms with Gasteiger partial charge in [-0.2, -0.15) is 0 Å². The van der Waals surface area contributed by atoms with Gasteiger partial charge in [-0.3, -0.25) is 0 Å². The molecule has 17 heavy (non-hydrogen) atoms. The van der Waals surface area contributed by atoms with Gasteiger partial charge in [-0.15, -0.1) is 0 Å². The molecule has 1 saturated carbocycles. The van der Waals surface area contributed by atoms with Gasteiger partial charge in [-0.05, 0) is 55.4 Å². The maximum absolute atomic E-state index is 11.2. The van der Waals surface area contributed by atoms with Crippen molar-refractivity contribution in [1.82, 2.24) is 0 Å². The van der Waals surface area contributed by atoms with Crippen LogP contribution in [0.4, 0.5) is 0 Å². The van der Waals surface area contributed by atoms with Gasteiger partial charge < -0.3 is 5.11 Å². The van der Waals surface area contributed by atoms with Gasteiger partial charge in [0.15, 0.2) is 0 Å². The number of fused-ring (bicyclic) bond motifs is 2. The molecular weight excluding hydrogens is 208 g/mol. The topological polar surface area (TPSA) is 20.2 Å². The highest BCUT2D eigenvalue weighted by Gasteiger charge is 2.48. The molecule has 4 atom stereocenters. The predicted octanol–water partition coefficient (Wildman–Crippen LogP) is 3.70. The number of rotatable bonds is 2. The largest absolute Gasteiger partial charge is 0.385 e.